The van der Waals surface area contributed by atoms with Crippen LogP contribution in [0.1, 0.15) is 32.8 Å². The fraction of sp³-hybridized carbons (Fsp3) is 0.438. The fourth-order valence-electron chi connectivity index (χ4n) is 2.36. The molecule has 0 fully saturated rings. The van der Waals surface area contributed by atoms with Gasteiger partial charge >= 0.3 is 0 Å². The van der Waals surface area contributed by atoms with Crippen molar-refractivity contribution in [3.05, 3.63) is 35.9 Å². The Morgan fingerprint density at radius 3 is 2.68 bits per heavy atom. The van der Waals surface area contributed by atoms with Crippen molar-refractivity contribution in [2.24, 2.45) is 0 Å². The normalized spacial score (nSPS) is 13.1. The van der Waals surface area contributed by atoms with Crippen LogP contribution < -0.4 is 5.73 Å². The van der Waals surface area contributed by atoms with E-state index >= 15 is 0 Å². The molecular weight excluding hydrogens is 234 g/mol. The van der Waals surface area contributed by atoms with Crippen molar-refractivity contribution >= 4 is 16.7 Å². The second kappa shape index (κ2) is 6.02. The zero-order chi connectivity index (χ0) is 13.8. The monoisotopic (exact) mass is 257 g/mol. The van der Waals surface area contributed by atoms with Crippen LogP contribution >= 0.6 is 0 Å². The first-order chi connectivity index (χ1) is 9.15. The van der Waals surface area contributed by atoms with Gasteiger partial charge in [-0.05, 0) is 32.0 Å². The third kappa shape index (κ3) is 3.04. The molecule has 19 heavy (non-hydrogen) atoms. The predicted molar refractivity (Wildman–Crippen MR) is 82.0 cm³/mol. The van der Waals surface area contributed by atoms with Crippen molar-refractivity contribution in [2.75, 3.05) is 12.3 Å². The topological polar surface area (TPSA) is 42.2 Å². The number of nitrogen functional groups attached to an aromatic ring is 1. The number of anilines is 1. The molecule has 0 bridgehead atoms. The predicted octanol–water partition coefficient (Wildman–Crippen LogP) is 3.44. The summed E-state index contributed by atoms with van der Waals surface area (Å²) in [5.74, 6) is 0.653. The van der Waals surface area contributed by atoms with Gasteiger partial charge in [0.1, 0.15) is 5.82 Å². The molecule has 0 amide bonds. The first kappa shape index (κ1) is 13.8. The minimum Gasteiger partial charge on any atom is -0.383 e. The van der Waals surface area contributed by atoms with Crippen molar-refractivity contribution in [1.82, 2.24) is 9.88 Å². The SMILES string of the molecule is CCC(C)N(CC)Cc1cc2ccccc2nc1N. The van der Waals surface area contributed by atoms with E-state index in [1.807, 2.05) is 18.2 Å². The highest BCUT2D eigenvalue weighted by Gasteiger charge is 2.13. The van der Waals surface area contributed by atoms with E-state index in [4.69, 9.17) is 5.73 Å². The number of nitrogens with two attached hydrogens (primary N) is 1. The number of rotatable bonds is 5. The van der Waals surface area contributed by atoms with E-state index < -0.39 is 0 Å². The molecule has 1 aromatic carbocycles. The number of fused-ring (bicyclic) bond motifs is 1. The van der Waals surface area contributed by atoms with Gasteiger partial charge in [-0.25, -0.2) is 4.98 Å². The van der Waals surface area contributed by atoms with Crippen LogP contribution in [0.3, 0.4) is 0 Å². The fourth-order valence-corrected chi connectivity index (χ4v) is 2.36. The van der Waals surface area contributed by atoms with Gasteiger partial charge in [0.05, 0.1) is 5.52 Å². The average Bonchev–Trinajstić information content (AvgIpc) is 2.44. The molecule has 2 rings (SSSR count). The molecule has 1 heterocycles. The van der Waals surface area contributed by atoms with E-state index in [0.29, 0.717) is 11.9 Å². The Kier molecular flexibility index (Phi) is 4.38. The quantitative estimate of drug-likeness (QED) is 0.892. The maximum atomic E-state index is 6.09. The van der Waals surface area contributed by atoms with Crippen molar-refractivity contribution in [3.8, 4) is 0 Å². The molecule has 1 aromatic heterocycles. The van der Waals surface area contributed by atoms with Crippen LogP contribution in [0, 0.1) is 0 Å². The Morgan fingerprint density at radius 2 is 2.00 bits per heavy atom. The first-order valence-corrected chi connectivity index (χ1v) is 7.03. The third-order valence-corrected chi connectivity index (χ3v) is 3.83. The van der Waals surface area contributed by atoms with Crippen LogP contribution in [0.15, 0.2) is 30.3 Å². The smallest absolute Gasteiger partial charge is 0.128 e. The van der Waals surface area contributed by atoms with Crippen molar-refractivity contribution in [2.45, 2.75) is 39.8 Å². The van der Waals surface area contributed by atoms with Crippen LogP contribution in [0.5, 0.6) is 0 Å². The maximum absolute atomic E-state index is 6.09. The molecule has 1 atom stereocenters. The van der Waals surface area contributed by atoms with Crippen molar-refractivity contribution < 1.29 is 0 Å². The largest absolute Gasteiger partial charge is 0.383 e. The van der Waals surface area contributed by atoms with E-state index in [0.717, 1.165) is 36.0 Å². The summed E-state index contributed by atoms with van der Waals surface area (Å²) in [5.41, 5.74) is 8.19. The summed E-state index contributed by atoms with van der Waals surface area (Å²) in [6.45, 7) is 8.57. The lowest BCUT2D eigenvalue weighted by Crippen LogP contribution is -2.32. The van der Waals surface area contributed by atoms with Gasteiger partial charge in [-0.1, -0.05) is 32.0 Å². The Bertz CT molecular complexity index is 551. The lowest BCUT2D eigenvalue weighted by Gasteiger charge is -2.27. The molecule has 0 aliphatic rings. The molecule has 0 saturated heterocycles. The standard InChI is InChI=1S/C16H23N3/c1-4-12(3)19(5-2)11-14-10-13-8-6-7-9-15(13)18-16(14)17/h6-10,12H,4-5,11H2,1-3H3,(H2,17,18). The summed E-state index contributed by atoms with van der Waals surface area (Å²) in [6.07, 6.45) is 1.15. The summed E-state index contributed by atoms with van der Waals surface area (Å²) in [5, 5.41) is 1.16. The molecule has 2 N–H and O–H groups in total. The highest BCUT2D eigenvalue weighted by Crippen LogP contribution is 2.20. The second-order valence-corrected chi connectivity index (χ2v) is 5.05. The van der Waals surface area contributed by atoms with Gasteiger partial charge in [0, 0.05) is 23.5 Å². The number of hydrogen-bond acceptors (Lipinski definition) is 3. The van der Waals surface area contributed by atoms with Crippen molar-refractivity contribution in [1.29, 1.82) is 0 Å². The highest BCUT2D eigenvalue weighted by molar-refractivity contribution is 5.81. The van der Waals surface area contributed by atoms with Gasteiger partial charge in [-0.2, -0.15) is 0 Å². The highest BCUT2D eigenvalue weighted by atomic mass is 15.1. The molecule has 2 aromatic rings. The number of benzene rings is 1. The lowest BCUT2D eigenvalue weighted by molar-refractivity contribution is 0.206. The second-order valence-electron chi connectivity index (χ2n) is 5.05. The molecule has 3 nitrogen and oxygen atoms in total. The molecule has 3 heteroatoms. The van der Waals surface area contributed by atoms with Gasteiger partial charge in [-0.3, -0.25) is 4.90 Å². The Hall–Kier alpha value is -1.61. The number of pyridine rings is 1. The molecule has 0 aliphatic carbocycles. The maximum Gasteiger partial charge on any atom is 0.128 e. The van der Waals surface area contributed by atoms with Gasteiger partial charge in [0.15, 0.2) is 0 Å². The summed E-state index contributed by atoms with van der Waals surface area (Å²) < 4.78 is 0. The number of nitrogens with zero attached hydrogens (tertiary/aromatic N) is 2. The molecule has 1 unspecified atom stereocenters. The lowest BCUT2D eigenvalue weighted by atomic mass is 10.1. The molecule has 0 saturated carbocycles. The molecule has 0 radical (unpaired) electrons. The molecule has 0 aliphatic heterocycles. The van der Waals surface area contributed by atoms with Crippen LogP contribution in [0.4, 0.5) is 5.82 Å². The first-order valence-electron chi connectivity index (χ1n) is 7.03. The van der Waals surface area contributed by atoms with Gasteiger partial charge < -0.3 is 5.73 Å². The zero-order valence-corrected chi connectivity index (χ0v) is 12.1. The molecule has 0 spiro atoms. The van der Waals surface area contributed by atoms with Gasteiger partial charge in [0.25, 0.3) is 0 Å². The Morgan fingerprint density at radius 1 is 1.26 bits per heavy atom. The van der Waals surface area contributed by atoms with Crippen LogP contribution in [-0.4, -0.2) is 22.5 Å². The van der Waals surface area contributed by atoms with Crippen LogP contribution in [-0.2, 0) is 6.54 Å². The molecular formula is C16H23N3. The van der Waals surface area contributed by atoms with Gasteiger partial charge in [-0.15, -0.1) is 0 Å². The summed E-state index contributed by atoms with van der Waals surface area (Å²) in [7, 11) is 0. The summed E-state index contributed by atoms with van der Waals surface area (Å²) in [4.78, 5) is 6.93. The van der Waals surface area contributed by atoms with E-state index in [1.54, 1.807) is 0 Å². The van der Waals surface area contributed by atoms with E-state index in [2.05, 4.69) is 42.8 Å². The molecule has 102 valence electrons. The minimum absolute atomic E-state index is 0.566. The summed E-state index contributed by atoms with van der Waals surface area (Å²) >= 11 is 0. The van der Waals surface area contributed by atoms with Crippen LogP contribution in [0.2, 0.25) is 0 Å². The Labute approximate surface area is 115 Å². The number of para-hydroxylation sites is 1. The Balaban J connectivity index is 2.31. The number of hydrogen-bond donors (Lipinski definition) is 1. The zero-order valence-electron chi connectivity index (χ0n) is 12.1. The van der Waals surface area contributed by atoms with E-state index in [9.17, 15) is 0 Å². The third-order valence-electron chi connectivity index (χ3n) is 3.83. The van der Waals surface area contributed by atoms with E-state index in [1.165, 1.54) is 0 Å². The van der Waals surface area contributed by atoms with Gasteiger partial charge in [0.2, 0.25) is 0 Å². The minimum atomic E-state index is 0.566. The number of aromatic nitrogens is 1. The average molecular weight is 257 g/mol. The van der Waals surface area contributed by atoms with Crippen molar-refractivity contribution in [3.63, 3.8) is 0 Å². The van der Waals surface area contributed by atoms with Crippen LogP contribution in [0.25, 0.3) is 10.9 Å². The summed E-state index contributed by atoms with van der Waals surface area (Å²) in [6, 6.07) is 10.9. The van der Waals surface area contributed by atoms with E-state index in [-0.39, 0.29) is 0 Å².